The van der Waals surface area contributed by atoms with Gasteiger partial charge in [0.2, 0.25) is 0 Å². The van der Waals surface area contributed by atoms with Gasteiger partial charge in [-0.05, 0) is 12.5 Å². The second-order valence-electron chi connectivity index (χ2n) is 5.46. The smallest absolute Gasteiger partial charge is 0.292 e. The van der Waals surface area contributed by atoms with E-state index in [1.54, 1.807) is 12.1 Å². The number of para-hydroxylation sites is 1. The molecular formula is C14H18N2O4. The molecule has 0 aromatic heterocycles. The van der Waals surface area contributed by atoms with Crippen LogP contribution in [0, 0.1) is 17.0 Å². The molecule has 1 unspecified atom stereocenters. The minimum absolute atomic E-state index is 0.168. The second kappa shape index (κ2) is 5.03. The van der Waals surface area contributed by atoms with Crippen molar-refractivity contribution in [3.63, 3.8) is 0 Å². The molecule has 6 heteroatoms. The van der Waals surface area contributed by atoms with Crippen LogP contribution in [0.3, 0.4) is 0 Å². The third kappa shape index (κ3) is 2.25. The van der Waals surface area contributed by atoms with Crippen LogP contribution in [0.15, 0.2) is 18.2 Å². The number of hydrogen-bond donors (Lipinski definition) is 0. The molecule has 1 atom stereocenters. The number of benzene rings is 1. The lowest BCUT2D eigenvalue weighted by molar-refractivity contribution is -0.384. The summed E-state index contributed by atoms with van der Waals surface area (Å²) in [6.45, 7) is 5.09. The molecule has 0 radical (unpaired) electrons. The Morgan fingerprint density at radius 2 is 2.25 bits per heavy atom. The first-order valence-electron chi connectivity index (χ1n) is 6.82. The Bertz CT molecular complexity index is 526. The Morgan fingerprint density at radius 1 is 1.40 bits per heavy atom. The van der Waals surface area contributed by atoms with Gasteiger partial charge in [-0.25, -0.2) is 0 Å². The molecule has 0 N–H and O–H groups in total. The molecule has 1 spiro atoms. The van der Waals surface area contributed by atoms with E-state index in [-0.39, 0.29) is 16.2 Å². The van der Waals surface area contributed by atoms with Gasteiger partial charge in [0.1, 0.15) is 11.3 Å². The van der Waals surface area contributed by atoms with E-state index in [4.69, 9.17) is 9.47 Å². The maximum Gasteiger partial charge on any atom is 0.292 e. The lowest BCUT2D eigenvalue weighted by Crippen LogP contribution is -2.52. The summed E-state index contributed by atoms with van der Waals surface area (Å²) in [6, 6.07) is 5.21. The van der Waals surface area contributed by atoms with Crippen molar-refractivity contribution in [1.29, 1.82) is 0 Å². The van der Waals surface area contributed by atoms with Crippen LogP contribution in [0.5, 0.6) is 0 Å². The number of nitrogens with zero attached hydrogens (tertiary/aromatic N) is 2. The number of nitro benzene ring substituents is 1. The lowest BCUT2D eigenvalue weighted by Gasteiger charge is -2.40. The van der Waals surface area contributed by atoms with Gasteiger partial charge in [0, 0.05) is 32.2 Å². The quantitative estimate of drug-likeness (QED) is 0.610. The van der Waals surface area contributed by atoms with Crippen molar-refractivity contribution in [3.05, 3.63) is 33.9 Å². The highest BCUT2D eigenvalue weighted by Crippen LogP contribution is 2.36. The highest BCUT2D eigenvalue weighted by molar-refractivity contribution is 5.68. The monoisotopic (exact) mass is 278 g/mol. The van der Waals surface area contributed by atoms with Gasteiger partial charge in [-0.2, -0.15) is 0 Å². The number of aryl methyl sites for hydroxylation is 1. The Labute approximate surface area is 117 Å². The largest absolute Gasteiger partial charge is 0.378 e. The lowest BCUT2D eigenvalue weighted by atomic mass is 9.99. The molecule has 6 nitrogen and oxygen atoms in total. The van der Waals surface area contributed by atoms with Crippen molar-refractivity contribution in [2.75, 3.05) is 37.8 Å². The van der Waals surface area contributed by atoms with E-state index in [0.717, 1.165) is 12.0 Å². The van der Waals surface area contributed by atoms with Gasteiger partial charge in [0.25, 0.3) is 5.69 Å². The molecule has 1 aromatic rings. The summed E-state index contributed by atoms with van der Waals surface area (Å²) in [6.07, 6.45) is 0.850. The van der Waals surface area contributed by atoms with Gasteiger partial charge < -0.3 is 14.4 Å². The van der Waals surface area contributed by atoms with Crippen molar-refractivity contribution >= 4 is 11.4 Å². The molecule has 2 aliphatic heterocycles. The molecule has 20 heavy (non-hydrogen) atoms. The summed E-state index contributed by atoms with van der Waals surface area (Å²) in [7, 11) is 0. The van der Waals surface area contributed by atoms with Crippen molar-refractivity contribution < 1.29 is 14.4 Å². The fourth-order valence-corrected chi connectivity index (χ4v) is 3.06. The molecule has 2 saturated heterocycles. The van der Waals surface area contributed by atoms with E-state index >= 15 is 0 Å². The topological polar surface area (TPSA) is 64.8 Å². The SMILES string of the molecule is Cc1cccc([N+](=O)[O-])c1N1CCOC2(CCOC2)C1. The second-order valence-corrected chi connectivity index (χ2v) is 5.46. The third-order valence-electron chi connectivity index (χ3n) is 4.04. The normalized spacial score (nSPS) is 26.1. The Hall–Kier alpha value is -1.66. The predicted octanol–water partition coefficient (Wildman–Crippen LogP) is 1.90. The minimum atomic E-state index is -0.310. The molecule has 0 amide bonds. The van der Waals surface area contributed by atoms with E-state index in [1.807, 2.05) is 13.0 Å². The van der Waals surface area contributed by atoms with Crippen molar-refractivity contribution in [2.24, 2.45) is 0 Å². The van der Waals surface area contributed by atoms with Crippen molar-refractivity contribution in [3.8, 4) is 0 Å². The molecule has 108 valence electrons. The van der Waals surface area contributed by atoms with E-state index in [9.17, 15) is 10.1 Å². The van der Waals surface area contributed by atoms with Crippen LogP contribution >= 0.6 is 0 Å². The van der Waals surface area contributed by atoms with Crippen LogP contribution in [0.2, 0.25) is 0 Å². The van der Waals surface area contributed by atoms with Crippen molar-refractivity contribution in [1.82, 2.24) is 0 Å². The average molecular weight is 278 g/mol. The maximum absolute atomic E-state index is 11.3. The molecule has 0 bridgehead atoms. The van der Waals surface area contributed by atoms with Gasteiger partial charge in [0.15, 0.2) is 0 Å². The highest BCUT2D eigenvalue weighted by Gasteiger charge is 2.41. The fourth-order valence-electron chi connectivity index (χ4n) is 3.06. The molecule has 3 rings (SSSR count). The summed E-state index contributed by atoms with van der Waals surface area (Å²) in [5.41, 5.74) is 1.51. The Kier molecular flexibility index (Phi) is 3.35. The standard InChI is InChI=1S/C14H18N2O4/c1-11-3-2-4-12(16(17)18)13(11)15-6-8-20-14(9-15)5-7-19-10-14/h2-4H,5-10H2,1H3. The van der Waals surface area contributed by atoms with E-state index in [0.29, 0.717) is 38.6 Å². The number of ether oxygens (including phenoxy) is 2. The zero-order chi connectivity index (χ0) is 14.2. The first-order chi connectivity index (χ1) is 9.61. The zero-order valence-electron chi connectivity index (χ0n) is 11.5. The van der Waals surface area contributed by atoms with Crippen molar-refractivity contribution in [2.45, 2.75) is 18.9 Å². The molecule has 1 aromatic carbocycles. The summed E-state index contributed by atoms with van der Waals surface area (Å²) >= 11 is 0. The van der Waals surface area contributed by atoms with Gasteiger partial charge in [0.05, 0.1) is 18.1 Å². The van der Waals surface area contributed by atoms with Crippen LogP contribution in [0.25, 0.3) is 0 Å². The molecule has 0 saturated carbocycles. The maximum atomic E-state index is 11.3. The summed E-state index contributed by atoms with van der Waals surface area (Å²) in [5.74, 6) is 0. The molecular weight excluding hydrogens is 260 g/mol. The predicted molar refractivity (Wildman–Crippen MR) is 74.2 cm³/mol. The summed E-state index contributed by atoms with van der Waals surface area (Å²) in [4.78, 5) is 13.0. The molecule has 2 fully saturated rings. The van der Waals surface area contributed by atoms with E-state index in [2.05, 4.69) is 4.90 Å². The number of morpholine rings is 1. The number of nitro groups is 1. The highest BCUT2D eigenvalue weighted by atomic mass is 16.6. The zero-order valence-corrected chi connectivity index (χ0v) is 11.5. The van der Waals surface area contributed by atoms with Crippen LogP contribution in [0.1, 0.15) is 12.0 Å². The Morgan fingerprint density at radius 3 is 2.95 bits per heavy atom. The number of anilines is 1. The average Bonchev–Trinajstić information content (AvgIpc) is 2.86. The summed E-state index contributed by atoms with van der Waals surface area (Å²) < 4.78 is 11.3. The first-order valence-corrected chi connectivity index (χ1v) is 6.82. The fraction of sp³-hybridized carbons (Fsp3) is 0.571. The molecule has 0 aliphatic carbocycles. The van der Waals surface area contributed by atoms with Crippen LogP contribution < -0.4 is 4.90 Å². The van der Waals surface area contributed by atoms with E-state index < -0.39 is 0 Å². The van der Waals surface area contributed by atoms with Crippen LogP contribution in [-0.4, -0.2) is 43.4 Å². The number of rotatable bonds is 2. The molecule has 2 heterocycles. The third-order valence-corrected chi connectivity index (χ3v) is 4.04. The van der Waals surface area contributed by atoms with Gasteiger partial charge in [-0.15, -0.1) is 0 Å². The number of hydrogen-bond acceptors (Lipinski definition) is 5. The molecule has 2 aliphatic rings. The summed E-state index contributed by atoms with van der Waals surface area (Å²) in [5, 5.41) is 11.3. The first kappa shape index (κ1) is 13.3. The van der Waals surface area contributed by atoms with Gasteiger partial charge in [-0.1, -0.05) is 12.1 Å². The van der Waals surface area contributed by atoms with Crippen LogP contribution in [-0.2, 0) is 9.47 Å². The van der Waals surface area contributed by atoms with E-state index in [1.165, 1.54) is 0 Å². The van der Waals surface area contributed by atoms with Gasteiger partial charge >= 0.3 is 0 Å². The van der Waals surface area contributed by atoms with Gasteiger partial charge in [-0.3, -0.25) is 10.1 Å². The Balaban J connectivity index is 1.94. The minimum Gasteiger partial charge on any atom is -0.378 e. The van der Waals surface area contributed by atoms with Crippen LogP contribution in [0.4, 0.5) is 11.4 Å².